The minimum absolute atomic E-state index is 0.297. The summed E-state index contributed by atoms with van der Waals surface area (Å²) in [5.74, 6) is 0. The van der Waals surface area contributed by atoms with Gasteiger partial charge in [-0.05, 0) is 39.0 Å². The SMILES string of the molecule is CC1(O)CCCN(S(=O)(=O)C2CCOCC2)CC1. The zero-order chi connectivity index (χ0) is 13.2. The summed E-state index contributed by atoms with van der Waals surface area (Å²) in [6, 6.07) is 0. The molecule has 2 saturated heterocycles. The topological polar surface area (TPSA) is 66.8 Å². The molecule has 0 aromatic heterocycles. The maximum absolute atomic E-state index is 12.5. The van der Waals surface area contributed by atoms with Crippen LogP contribution < -0.4 is 0 Å². The largest absolute Gasteiger partial charge is 0.390 e. The molecule has 1 unspecified atom stereocenters. The molecular formula is C12H23NO4S. The van der Waals surface area contributed by atoms with E-state index in [4.69, 9.17) is 4.74 Å². The van der Waals surface area contributed by atoms with Gasteiger partial charge >= 0.3 is 0 Å². The first-order valence-corrected chi connectivity index (χ1v) is 8.21. The Kier molecular flexibility index (Phi) is 4.31. The van der Waals surface area contributed by atoms with E-state index >= 15 is 0 Å². The van der Waals surface area contributed by atoms with Gasteiger partial charge in [-0.15, -0.1) is 0 Å². The molecule has 0 bridgehead atoms. The van der Waals surface area contributed by atoms with Crippen LogP contribution in [0.5, 0.6) is 0 Å². The van der Waals surface area contributed by atoms with Gasteiger partial charge in [-0.1, -0.05) is 0 Å². The van der Waals surface area contributed by atoms with Crippen LogP contribution in [0.1, 0.15) is 39.0 Å². The average Bonchev–Trinajstić information content (AvgIpc) is 2.52. The van der Waals surface area contributed by atoms with Gasteiger partial charge in [0.25, 0.3) is 0 Å². The minimum atomic E-state index is -3.22. The van der Waals surface area contributed by atoms with Gasteiger partial charge in [0.15, 0.2) is 0 Å². The van der Waals surface area contributed by atoms with Gasteiger partial charge in [0.2, 0.25) is 10.0 Å². The van der Waals surface area contributed by atoms with E-state index in [1.165, 1.54) is 0 Å². The van der Waals surface area contributed by atoms with Crippen molar-refractivity contribution in [3.8, 4) is 0 Å². The Morgan fingerprint density at radius 2 is 1.89 bits per heavy atom. The molecule has 0 saturated carbocycles. The van der Waals surface area contributed by atoms with Crippen LogP contribution in [-0.2, 0) is 14.8 Å². The lowest BCUT2D eigenvalue weighted by molar-refractivity contribution is 0.0464. The fourth-order valence-corrected chi connectivity index (χ4v) is 4.62. The smallest absolute Gasteiger partial charge is 0.217 e. The van der Waals surface area contributed by atoms with Crippen molar-refractivity contribution in [3.63, 3.8) is 0 Å². The number of aliphatic hydroxyl groups is 1. The molecular weight excluding hydrogens is 254 g/mol. The van der Waals surface area contributed by atoms with Crippen molar-refractivity contribution in [1.82, 2.24) is 4.31 Å². The Hall–Kier alpha value is -0.170. The predicted octanol–water partition coefficient (Wildman–Crippen LogP) is 0.732. The molecule has 2 aliphatic rings. The standard InChI is InChI=1S/C12H23NO4S/c1-12(14)5-2-7-13(8-6-12)18(15,16)11-3-9-17-10-4-11/h11,14H,2-10H2,1H3. The molecule has 6 heteroatoms. The third kappa shape index (κ3) is 3.23. The molecule has 106 valence electrons. The Balaban J connectivity index is 2.05. The van der Waals surface area contributed by atoms with Crippen LogP contribution in [0.3, 0.4) is 0 Å². The number of nitrogens with zero attached hydrogens (tertiary/aromatic N) is 1. The molecule has 0 radical (unpaired) electrons. The van der Waals surface area contributed by atoms with Gasteiger partial charge in [-0.25, -0.2) is 12.7 Å². The van der Waals surface area contributed by atoms with Crippen LogP contribution in [0.15, 0.2) is 0 Å². The molecule has 0 spiro atoms. The summed E-state index contributed by atoms with van der Waals surface area (Å²) >= 11 is 0. The third-order valence-corrected chi connectivity index (χ3v) is 6.37. The third-order valence-electron chi connectivity index (χ3n) is 3.97. The van der Waals surface area contributed by atoms with Crippen LogP contribution in [0, 0.1) is 0 Å². The van der Waals surface area contributed by atoms with Gasteiger partial charge in [0.1, 0.15) is 0 Å². The normalized spacial score (nSPS) is 33.2. The van der Waals surface area contributed by atoms with E-state index in [-0.39, 0.29) is 5.25 Å². The van der Waals surface area contributed by atoms with Crippen LogP contribution >= 0.6 is 0 Å². The van der Waals surface area contributed by atoms with Gasteiger partial charge in [0.05, 0.1) is 10.9 Å². The summed E-state index contributed by atoms with van der Waals surface area (Å²) in [5.41, 5.74) is -0.722. The predicted molar refractivity (Wildman–Crippen MR) is 68.8 cm³/mol. The van der Waals surface area contributed by atoms with E-state index in [0.29, 0.717) is 52.0 Å². The van der Waals surface area contributed by atoms with Gasteiger partial charge in [-0.3, -0.25) is 0 Å². The molecule has 5 nitrogen and oxygen atoms in total. The van der Waals surface area contributed by atoms with E-state index in [1.807, 2.05) is 0 Å². The molecule has 0 aromatic carbocycles. The highest BCUT2D eigenvalue weighted by atomic mass is 32.2. The second-order valence-electron chi connectivity index (χ2n) is 5.61. The van der Waals surface area contributed by atoms with Crippen molar-refractivity contribution in [3.05, 3.63) is 0 Å². The number of rotatable bonds is 2. The zero-order valence-corrected chi connectivity index (χ0v) is 11.8. The molecule has 2 fully saturated rings. The number of hydrogen-bond donors (Lipinski definition) is 1. The lowest BCUT2D eigenvalue weighted by atomic mass is 9.98. The molecule has 1 N–H and O–H groups in total. The highest BCUT2D eigenvalue weighted by molar-refractivity contribution is 7.89. The fraction of sp³-hybridized carbons (Fsp3) is 1.00. The van der Waals surface area contributed by atoms with Gasteiger partial charge in [-0.2, -0.15) is 0 Å². The van der Waals surface area contributed by atoms with E-state index in [2.05, 4.69) is 0 Å². The molecule has 0 aliphatic carbocycles. The molecule has 1 atom stereocenters. The maximum Gasteiger partial charge on any atom is 0.217 e. The summed E-state index contributed by atoms with van der Waals surface area (Å²) in [6.45, 7) is 3.84. The van der Waals surface area contributed by atoms with Crippen molar-refractivity contribution in [2.75, 3.05) is 26.3 Å². The first kappa shape index (κ1) is 14.2. The summed E-state index contributed by atoms with van der Waals surface area (Å²) in [7, 11) is -3.22. The Morgan fingerprint density at radius 1 is 1.22 bits per heavy atom. The van der Waals surface area contributed by atoms with Crippen molar-refractivity contribution in [2.24, 2.45) is 0 Å². The molecule has 2 aliphatic heterocycles. The first-order chi connectivity index (χ1) is 8.42. The van der Waals surface area contributed by atoms with Crippen molar-refractivity contribution in [2.45, 2.75) is 49.9 Å². The molecule has 2 rings (SSSR count). The lowest BCUT2D eigenvalue weighted by Crippen LogP contribution is -2.42. The summed E-state index contributed by atoms with van der Waals surface area (Å²) < 4.78 is 31.8. The van der Waals surface area contributed by atoms with Crippen molar-refractivity contribution in [1.29, 1.82) is 0 Å². The van der Waals surface area contributed by atoms with Crippen molar-refractivity contribution >= 4 is 10.0 Å². The Morgan fingerprint density at radius 3 is 2.56 bits per heavy atom. The number of sulfonamides is 1. The number of hydrogen-bond acceptors (Lipinski definition) is 4. The summed E-state index contributed by atoms with van der Waals surface area (Å²) in [5, 5.41) is 9.71. The molecule has 18 heavy (non-hydrogen) atoms. The highest BCUT2D eigenvalue weighted by Gasteiger charge is 2.36. The fourth-order valence-electron chi connectivity index (χ4n) is 2.68. The Bertz CT molecular complexity index is 374. The monoisotopic (exact) mass is 277 g/mol. The Labute approximate surface area is 109 Å². The molecule has 0 aromatic rings. The van der Waals surface area contributed by atoms with Gasteiger partial charge < -0.3 is 9.84 Å². The highest BCUT2D eigenvalue weighted by Crippen LogP contribution is 2.26. The summed E-state index contributed by atoms with van der Waals surface area (Å²) in [6.07, 6.45) is 3.11. The minimum Gasteiger partial charge on any atom is -0.390 e. The quantitative estimate of drug-likeness (QED) is 0.808. The van der Waals surface area contributed by atoms with Crippen LogP contribution in [0.4, 0.5) is 0 Å². The van der Waals surface area contributed by atoms with E-state index < -0.39 is 15.6 Å². The van der Waals surface area contributed by atoms with Gasteiger partial charge in [0, 0.05) is 26.3 Å². The van der Waals surface area contributed by atoms with E-state index in [9.17, 15) is 13.5 Å². The zero-order valence-electron chi connectivity index (χ0n) is 11.0. The summed E-state index contributed by atoms with van der Waals surface area (Å²) in [4.78, 5) is 0. The van der Waals surface area contributed by atoms with E-state index in [0.717, 1.165) is 6.42 Å². The molecule has 2 heterocycles. The van der Waals surface area contributed by atoms with Crippen LogP contribution in [0.2, 0.25) is 0 Å². The van der Waals surface area contributed by atoms with Crippen LogP contribution in [-0.4, -0.2) is 55.0 Å². The average molecular weight is 277 g/mol. The second kappa shape index (κ2) is 5.45. The van der Waals surface area contributed by atoms with Crippen LogP contribution in [0.25, 0.3) is 0 Å². The lowest BCUT2D eigenvalue weighted by Gasteiger charge is -2.29. The van der Waals surface area contributed by atoms with E-state index in [1.54, 1.807) is 11.2 Å². The number of ether oxygens (including phenoxy) is 1. The van der Waals surface area contributed by atoms with Crippen molar-refractivity contribution < 1.29 is 18.3 Å². The molecule has 0 amide bonds. The second-order valence-corrected chi connectivity index (χ2v) is 7.82. The maximum atomic E-state index is 12.5. The first-order valence-electron chi connectivity index (χ1n) is 6.71.